The molecule has 0 unspecified atom stereocenters. The fraction of sp³-hybridized carbons (Fsp3) is 0.538. The molecule has 0 fully saturated rings. The molecule has 0 aliphatic heterocycles. The average molecular weight is 191 g/mol. The van der Waals surface area contributed by atoms with Gasteiger partial charge in [0, 0.05) is 6.04 Å². The largest absolute Gasteiger partial charge is 0.324 e. The fourth-order valence-electron chi connectivity index (χ4n) is 1.68. The van der Waals surface area contributed by atoms with Crippen LogP contribution in [0.5, 0.6) is 0 Å². The molecule has 1 atom stereocenters. The van der Waals surface area contributed by atoms with Gasteiger partial charge >= 0.3 is 0 Å². The first-order chi connectivity index (χ1) is 6.74. The molecule has 0 saturated heterocycles. The standard InChI is InChI=1S/C13H21N/c1-3-4-5-9-13(14)12-8-6-7-11(2)10-12/h6-8,10,13H,3-5,9,14H2,1-2H3/t13-/m0/s1. The predicted octanol–water partition coefficient (Wildman–Crippen LogP) is 3.58. The van der Waals surface area contributed by atoms with Crippen molar-refractivity contribution >= 4 is 0 Å². The molecule has 0 spiro atoms. The molecule has 78 valence electrons. The van der Waals surface area contributed by atoms with Gasteiger partial charge in [-0.2, -0.15) is 0 Å². The van der Waals surface area contributed by atoms with Gasteiger partial charge in [-0.1, -0.05) is 56.0 Å². The Morgan fingerprint density at radius 2 is 2.07 bits per heavy atom. The van der Waals surface area contributed by atoms with Gasteiger partial charge in [-0.05, 0) is 18.9 Å². The SMILES string of the molecule is CCCCC[C@H](N)c1cccc(C)c1. The summed E-state index contributed by atoms with van der Waals surface area (Å²) >= 11 is 0. The molecule has 0 heterocycles. The summed E-state index contributed by atoms with van der Waals surface area (Å²) in [5.41, 5.74) is 8.68. The third kappa shape index (κ3) is 3.51. The molecule has 0 aliphatic carbocycles. The van der Waals surface area contributed by atoms with Crippen LogP contribution in [0.25, 0.3) is 0 Å². The molecule has 0 radical (unpaired) electrons. The van der Waals surface area contributed by atoms with Gasteiger partial charge in [0.05, 0.1) is 0 Å². The lowest BCUT2D eigenvalue weighted by atomic mass is 10.00. The van der Waals surface area contributed by atoms with Gasteiger partial charge in [-0.25, -0.2) is 0 Å². The highest BCUT2D eigenvalue weighted by atomic mass is 14.6. The fourth-order valence-corrected chi connectivity index (χ4v) is 1.68. The smallest absolute Gasteiger partial charge is 0.0294 e. The van der Waals surface area contributed by atoms with Crippen molar-refractivity contribution in [3.8, 4) is 0 Å². The van der Waals surface area contributed by atoms with Crippen molar-refractivity contribution in [1.82, 2.24) is 0 Å². The van der Waals surface area contributed by atoms with Crippen LogP contribution in [0, 0.1) is 6.92 Å². The van der Waals surface area contributed by atoms with Gasteiger partial charge in [0.2, 0.25) is 0 Å². The molecule has 1 aromatic carbocycles. The van der Waals surface area contributed by atoms with Crippen molar-refractivity contribution in [3.63, 3.8) is 0 Å². The summed E-state index contributed by atoms with van der Waals surface area (Å²) in [6, 6.07) is 8.74. The zero-order valence-electron chi connectivity index (χ0n) is 9.29. The first kappa shape index (κ1) is 11.3. The molecule has 14 heavy (non-hydrogen) atoms. The van der Waals surface area contributed by atoms with E-state index in [1.165, 1.54) is 30.4 Å². The Morgan fingerprint density at radius 1 is 1.29 bits per heavy atom. The Bertz CT molecular complexity index is 268. The highest BCUT2D eigenvalue weighted by molar-refractivity contribution is 5.24. The summed E-state index contributed by atoms with van der Waals surface area (Å²) < 4.78 is 0. The third-order valence-electron chi connectivity index (χ3n) is 2.59. The number of hydrogen-bond acceptors (Lipinski definition) is 1. The average Bonchev–Trinajstić information content (AvgIpc) is 2.18. The zero-order valence-corrected chi connectivity index (χ0v) is 9.29. The van der Waals surface area contributed by atoms with Crippen LogP contribution in [-0.2, 0) is 0 Å². The van der Waals surface area contributed by atoms with E-state index in [-0.39, 0.29) is 6.04 Å². The number of benzene rings is 1. The lowest BCUT2D eigenvalue weighted by molar-refractivity contribution is 0.581. The molecule has 2 N–H and O–H groups in total. The van der Waals surface area contributed by atoms with E-state index in [4.69, 9.17) is 5.73 Å². The quantitative estimate of drug-likeness (QED) is 0.707. The first-order valence-electron chi connectivity index (χ1n) is 5.56. The van der Waals surface area contributed by atoms with Crippen molar-refractivity contribution in [2.45, 2.75) is 45.6 Å². The summed E-state index contributed by atoms with van der Waals surface area (Å²) in [7, 11) is 0. The highest BCUT2D eigenvalue weighted by Gasteiger charge is 2.04. The topological polar surface area (TPSA) is 26.0 Å². The lowest BCUT2D eigenvalue weighted by Crippen LogP contribution is -2.10. The van der Waals surface area contributed by atoms with Crippen molar-refractivity contribution in [3.05, 3.63) is 35.4 Å². The van der Waals surface area contributed by atoms with Gasteiger partial charge < -0.3 is 5.73 Å². The predicted molar refractivity (Wildman–Crippen MR) is 62.2 cm³/mol. The third-order valence-corrected chi connectivity index (χ3v) is 2.59. The van der Waals surface area contributed by atoms with E-state index in [1.54, 1.807) is 0 Å². The van der Waals surface area contributed by atoms with Crippen molar-refractivity contribution < 1.29 is 0 Å². The number of hydrogen-bond donors (Lipinski definition) is 1. The van der Waals surface area contributed by atoms with Crippen LogP contribution in [0.4, 0.5) is 0 Å². The Balaban J connectivity index is 2.47. The lowest BCUT2D eigenvalue weighted by Gasteiger charge is -2.12. The minimum atomic E-state index is 0.224. The summed E-state index contributed by atoms with van der Waals surface area (Å²) in [5.74, 6) is 0. The normalized spacial score (nSPS) is 12.8. The maximum Gasteiger partial charge on any atom is 0.0294 e. The van der Waals surface area contributed by atoms with Crippen molar-refractivity contribution in [1.29, 1.82) is 0 Å². The molecular formula is C13H21N. The van der Waals surface area contributed by atoms with Gasteiger partial charge in [-0.3, -0.25) is 0 Å². The summed E-state index contributed by atoms with van der Waals surface area (Å²) in [6.45, 7) is 4.33. The minimum absolute atomic E-state index is 0.224. The van der Waals surface area contributed by atoms with Crippen LogP contribution in [-0.4, -0.2) is 0 Å². The monoisotopic (exact) mass is 191 g/mol. The molecule has 1 heteroatoms. The van der Waals surface area contributed by atoms with Crippen LogP contribution in [0.3, 0.4) is 0 Å². The number of nitrogens with two attached hydrogens (primary N) is 1. The summed E-state index contributed by atoms with van der Waals surface area (Å²) in [5, 5.41) is 0. The second-order valence-corrected chi connectivity index (χ2v) is 4.02. The van der Waals surface area contributed by atoms with Crippen LogP contribution >= 0.6 is 0 Å². The maximum atomic E-state index is 6.10. The molecular weight excluding hydrogens is 170 g/mol. The van der Waals surface area contributed by atoms with Crippen LogP contribution in [0.15, 0.2) is 24.3 Å². The molecule has 1 rings (SSSR count). The van der Waals surface area contributed by atoms with Crippen molar-refractivity contribution in [2.24, 2.45) is 5.73 Å². The Labute approximate surface area is 87.3 Å². The second-order valence-electron chi connectivity index (χ2n) is 4.02. The van der Waals surface area contributed by atoms with E-state index in [2.05, 4.69) is 38.1 Å². The van der Waals surface area contributed by atoms with Crippen molar-refractivity contribution in [2.75, 3.05) is 0 Å². The van der Waals surface area contributed by atoms with E-state index in [1.807, 2.05) is 0 Å². The minimum Gasteiger partial charge on any atom is -0.324 e. The number of rotatable bonds is 5. The first-order valence-corrected chi connectivity index (χ1v) is 5.56. The maximum absolute atomic E-state index is 6.10. The summed E-state index contributed by atoms with van der Waals surface area (Å²) in [6.07, 6.45) is 4.91. The Morgan fingerprint density at radius 3 is 2.71 bits per heavy atom. The second kappa shape index (κ2) is 5.82. The molecule has 0 amide bonds. The van der Waals surface area contributed by atoms with E-state index in [0.717, 1.165) is 6.42 Å². The van der Waals surface area contributed by atoms with Crippen LogP contribution < -0.4 is 5.73 Å². The van der Waals surface area contributed by atoms with E-state index in [0.29, 0.717) is 0 Å². The Hall–Kier alpha value is -0.820. The molecule has 0 aromatic heterocycles. The van der Waals surface area contributed by atoms with Gasteiger partial charge in [0.1, 0.15) is 0 Å². The van der Waals surface area contributed by atoms with Gasteiger partial charge in [-0.15, -0.1) is 0 Å². The molecule has 1 nitrogen and oxygen atoms in total. The molecule has 0 bridgehead atoms. The highest BCUT2D eigenvalue weighted by Crippen LogP contribution is 2.17. The molecule has 1 aromatic rings. The summed E-state index contributed by atoms with van der Waals surface area (Å²) in [4.78, 5) is 0. The zero-order chi connectivity index (χ0) is 10.4. The van der Waals surface area contributed by atoms with Gasteiger partial charge in [0.25, 0.3) is 0 Å². The van der Waals surface area contributed by atoms with E-state index in [9.17, 15) is 0 Å². The molecule has 0 saturated carbocycles. The number of unbranched alkanes of at least 4 members (excludes halogenated alkanes) is 2. The van der Waals surface area contributed by atoms with Crippen LogP contribution in [0.1, 0.15) is 49.8 Å². The van der Waals surface area contributed by atoms with Crippen LogP contribution in [0.2, 0.25) is 0 Å². The van der Waals surface area contributed by atoms with Gasteiger partial charge in [0.15, 0.2) is 0 Å². The molecule has 0 aliphatic rings. The van der Waals surface area contributed by atoms with E-state index < -0.39 is 0 Å². The van der Waals surface area contributed by atoms with E-state index >= 15 is 0 Å². The Kier molecular flexibility index (Phi) is 4.68. The number of aryl methyl sites for hydroxylation is 1.